The first kappa shape index (κ1) is 17.5. The fraction of sp³-hybridized carbons (Fsp3) is 0.714. The number of carbonyl (C=O) groups is 2. The number of rotatable bonds is 3. The number of carbonyl (C=O) groups excluding carboxylic acids is 2. The maximum Gasteiger partial charge on any atom is 0.412 e. The zero-order valence-electron chi connectivity index (χ0n) is 13.3. The Labute approximate surface area is 124 Å². The number of alkyl carbamates (subject to hydrolysis) is 1. The van der Waals surface area contributed by atoms with Crippen LogP contribution < -0.4 is 5.32 Å². The van der Waals surface area contributed by atoms with E-state index in [4.69, 9.17) is 14.2 Å². The zero-order chi connectivity index (χ0) is 16.3. The van der Waals surface area contributed by atoms with Gasteiger partial charge in [0.15, 0.2) is 5.79 Å². The molecule has 0 spiro atoms. The summed E-state index contributed by atoms with van der Waals surface area (Å²) in [5, 5.41) is 2.37. The molecule has 0 radical (unpaired) electrons. The predicted octanol–water partition coefficient (Wildman–Crippen LogP) is 1.72. The van der Waals surface area contributed by atoms with E-state index in [2.05, 4.69) is 10.1 Å². The number of hydrogen-bond acceptors (Lipinski definition) is 6. The Balaban J connectivity index is 2.77. The third kappa shape index (κ3) is 6.14. The summed E-state index contributed by atoms with van der Waals surface area (Å²) in [5.41, 5.74) is -0.710. The van der Waals surface area contributed by atoms with E-state index in [1.54, 1.807) is 34.6 Å². The molecular formula is C14H23NO6. The summed E-state index contributed by atoms with van der Waals surface area (Å²) >= 11 is 0. The van der Waals surface area contributed by atoms with E-state index in [1.165, 1.54) is 13.2 Å². The number of amides is 1. The van der Waals surface area contributed by atoms with E-state index in [-0.39, 0.29) is 12.3 Å². The highest BCUT2D eigenvalue weighted by Gasteiger charge is 2.32. The van der Waals surface area contributed by atoms with E-state index in [0.717, 1.165) is 0 Å². The molecule has 0 bridgehead atoms. The molecule has 1 N–H and O–H groups in total. The van der Waals surface area contributed by atoms with Gasteiger partial charge < -0.3 is 18.9 Å². The van der Waals surface area contributed by atoms with E-state index >= 15 is 0 Å². The van der Waals surface area contributed by atoms with Gasteiger partial charge in [-0.2, -0.15) is 0 Å². The van der Waals surface area contributed by atoms with Crippen molar-refractivity contribution in [3.05, 3.63) is 11.8 Å². The van der Waals surface area contributed by atoms with Crippen LogP contribution in [0, 0.1) is 0 Å². The van der Waals surface area contributed by atoms with Crippen LogP contribution in [0.2, 0.25) is 0 Å². The Morgan fingerprint density at radius 1 is 1.33 bits per heavy atom. The molecule has 1 fully saturated rings. The van der Waals surface area contributed by atoms with E-state index in [1.807, 2.05) is 0 Å². The largest absolute Gasteiger partial charge is 0.464 e. The minimum Gasteiger partial charge on any atom is -0.464 e. The van der Waals surface area contributed by atoms with Crippen LogP contribution in [0.15, 0.2) is 11.8 Å². The molecule has 7 heteroatoms. The average Bonchev–Trinajstić information content (AvgIpc) is 2.64. The Kier molecular flexibility index (Phi) is 5.36. The van der Waals surface area contributed by atoms with Crippen molar-refractivity contribution in [3.63, 3.8) is 0 Å². The maximum absolute atomic E-state index is 11.7. The lowest BCUT2D eigenvalue weighted by atomic mass is 10.2. The number of methoxy groups -OCH3 is 1. The number of nitrogens with one attached hydrogen (secondary N) is 1. The van der Waals surface area contributed by atoms with E-state index in [0.29, 0.717) is 0 Å². The lowest BCUT2D eigenvalue weighted by Crippen LogP contribution is -2.35. The summed E-state index contributed by atoms with van der Waals surface area (Å²) in [5.74, 6) is -1.41. The van der Waals surface area contributed by atoms with Gasteiger partial charge >= 0.3 is 12.1 Å². The Morgan fingerprint density at radius 2 is 1.95 bits per heavy atom. The van der Waals surface area contributed by atoms with Crippen molar-refractivity contribution in [2.24, 2.45) is 0 Å². The summed E-state index contributed by atoms with van der Waals surface area (Å²) in [4.78, 5) is 23.4. The second kappa shape index (κ2) is 6.44. The number of esters is 1. The van der Waals surface area contributed by atoms with E-state index < -0.39 is 29.6 Å². The molecule has 1 heterocycles. The molecule has 1 aliphatic heterocycles. The second-order valence-corrected chi connectivity index (χ2v) is 6.07. The highest BCUT2D eigenvalue weighted by Crippen LogP contribution is 2.23. The van der Waals surface area contributed by atoms with Gasteiger partial charge in [-0.15, -0.1) is 0 Å². The Bertz CT molecular complexity index is 435. The fourth-order valence-corrected chi connectivity index (χ4v) is 1.67. The second-order valence-electron chi connectivity index (χ2n) is 6.07. The van der Waals surface area contributed by atoms with Gasteiger partial charge in [0.2, 0.25) is 0 Å². The standard InChI is InChI=1S/C14H23NO6/c1-13(2,3)21-12(17)15-10(11(16)18-6)7-9-8-19-14(4,5)20-9/h7,9H,8H2,1-6H3,(H,15,17)/b10-7-/t9-/m0/s1. The molecule has 1 aliphatic rings. The first-order chi connectivity index (χ1) is 9.52. The van der Waals surface area contributed by atoms with Crippen molar-refractivity contribution in [1.82, 2.24) is 5.32 Å². The van der Waals surface area contributed by atoms with Crippen molar-refractivity contribution < 1.29 is 28.5 Å². The molecule has 0 aromatic rings. The minimum atomic E-state index is -0.739. The molecule has 1 atom stereocenters. The van der Waals surface area contributed by atoms with Crippen LogP contribution in [-0.2, 0) is 23.7 Å². The Hall–Kier alpha value is -1.60. The van der Waals surface area contributed by atoms with Crippen LogP contribution in [0.3, 0.4) is 0 Å². The monoisotopic (exact) mass is 301 g/mol. The molecule has 1 saturated heterocycles. The van der Waals surface area contributed by atoms with Crippen molar-refractivity contribution >= 4 is 12.1 Å². The molecule has 7 nitrogen and oxygen atoms in total. The smallest absolute Gasteiger partial charge is 0.412 e. The summed E-state index contributed by atoms with van der Waals surface area (Å²) in [7, 11) is 1.23. The highest BCUT2D eigenvalue weighted by atomic mass is 16.7. The molecule has 0 aromatic heterocycles. The third-order valence-corrected chi connectivity index (χ3v) is 2.42. The molecule has 21 heavy (non-hydrogen) atoms. The fourth-order valence-electron chi connectivity index (χ4n) is 1.67. The lowest BCUT2D eigenvalue weighted by molar-refractivity contribution is -0.138. The molecular weight excluding hydrogens is 278 g/mol. The molecule has 0 aliphatic carbocycles. The van der Waals surface area contributed by atoms with Crippen LogP contribution >= 0.6 is 0 Å². The van der Waals surface area contributed by atoms with Crippen molar-refractivity contribution in [2.75, 3.05) is 13.7 Å². The van der Waals surface area contributed by atoms with Crippen molar-refractivity contribution in [1.29, 1.82) is 0 Å². The van der Waals surface area contributed by atoms with Gasteiger partial charge in [-0.05, 0) is 40.7 Å². The average molecular weight is 301 g/mol. The third-order valence-electron chi connectivity index (χ3n) is 2.42. The molecule has 1 amide bonds. The Morgan fingerprint density at radius 3 is 2.38 bits per heavy atom. The van der Waals surface area contributed by atoms with Crippen LogP contribution in [0.1, 0.15) is 34.6 Å². The number of ether oxygens (including phenoxy) is 4. The molecule has 120 valence electrons. The molecule has 1 rings (SSSR count). The van der Waals surface area contributed by atoms with Gasteiger partial charge in [0.05, 0.1) is 13.7 Å². The summed E-state index contributed by atoms with van der Waals surface area (Å²) < 4.78 is 20.7. The predicted molar refractivity (Wildman–Crippen MR) is 74.4 cm³/mol. The van der Waals surface area contributed by atoms with Crippen molar-refractivity contribution in [3.8, 4) is 0 Å². The first-order valence-electron chi connectivity index (χ1n) is 6.64. The van der Waals surface area contributed by atoms with Gasteiger partial charge in [0, 0.05) is 0 Å². The normalized spacial score (nSPS) is 21.8. The van der Waals surface area contributed by atoms with Crippen LogP contribution in [0.4, 0.5) is 4.79 Å². The van der Waals surface area contributed by atoms with E-state index in [9.17, 15) is 9.59 Å². The van der Waals surface area contributed by atoms with Gasteiger partial charge in [-0.25, -0.2) is 9.59 Å². The lowest BCUT2D eigenvalue weighted by Gasteiger charge is -2.20. The van der Waals surface area contributed by atoms with Crippen molar-refractivity contribution in [2.45, 2.75) is 52.1 Å². The summed E-state index contributed by atoms with van der Waals surface area (Å²) in [6.07, 6.45) is 0.256. The minimum absolute atomic E-state index is 0.0435. The van der Waals surface area contributed by atoms with Crippen LogP contribution in [-0.4, -0.2) is 43.3 Å². The zero-order valence-corrected chi connectivity index (χ0v) is 13.3. The first-order valence-corrected chi connectivity index (χ1v) is 6.64. The topological polar surface area (TPSA) is 83.1 Å². The molecule has 0 unspecified atom stereocenters. The summed E-state index contributed by atoms with van der Waals surface area (Å²) in [6, 6.07) is 0. The quantitative estimate of drug-likeness (QED) is 0.631. The SMILES string of the molecule is COC(=O)/C(=C/[C@H]1COC(C)(C)O1)NC(=O)OC(C)(C)C. The van der Waals surface area contributed by atoms with Crippen LogP contribution in [0.25, 0.3) is 0 Å². The highest BCUT2D eigenvalue weighted by molar-refractivity contribution is 5.92. The van der Waals surface area contributed by atoms with Gasteiger partial charge in [-0.3, -0.25) is 5.32 Å². The molecule has 0 aromatic carbocycles. The van der Waals surface area contributed by atoms with Gasteiger partial charge in [0.1, 0.15) is 17.4 Å². The number of hydrogen-bond donors (Lipinski definition) is 1. The molecule has 0 saturated carbocycles. The van der Waals surface area contributed by atoms with Gasteiger partial charge in [0.25, 0.3) is 0 Å². The van der Waals surface area contributed by atoms with Crippen LogP contribution in [0.5, 0.6) is 0 Å². The van der Waals surface area contributed by atoms with Gasteiger partial charge in [-0.1, -0.05) is 0 Å². The maximum atomic E-state index is 11.7. The summed E-state index contributed by atoms with van der Waals surface area (Å²) in [6.45, 7) is 8.99.